The number of primary amides is 1. The highest BCUT2D eigenvalue weighted by atomic mass is 32.1. The molecule has 2 rings (SSSR count). The van der Waals surface area contributed by atoms with Gasteiger partial charge in [0, 0.05) is 12.8 Å². The molecule has 7 nitrogen and oxygen atoms in total. The second kappa shape index (κ2) is 6.92. The molecule has 0 bridgehead atoms. The first-order chi connectivity index (χ1) is 9.70. The normalized spacial score (nSPS) is 10.4. The number of amides is 1. The van der Waals surface area contributed by atoms with Crippen molar-refractivity contribution in [2.75, 3.05) is 11.9 Å². The van der Waals surface area contributed by atoms with Gasteiger partial charge in [-0.15, -0.1) is 10.2 Å². The molecule has 0 spiro atoms. The molecule has 0 fully saturated rings. The number of nitrogens with zero attached hydrogens (tertiary/aromatic N) is 3. The fourth-order valence-electron chi connectivity index (χ4n) is 1.52. The minimum atomic E-state index is -0.567. The van der Waals surface area contributed by atoms with E-state index in [2.05, 4.69) is 20.5 Å². The number of carbonyl (C=O) groups excluding carboxylic acids is 1. The minimum Gasteiger partial charge on any atom is -0.377 e. The van der Waals surface area contributed by atoms with Crippen LogP contribution in [-0.2, 0) is 17.9 Å². The Kier molecular flexibility index (Phi) is 4.97. The Morgan fingerprint density at radius 2 is 2.25 bits per heavy atom. The highest BCUT2D eigenvalue weighted by molar-refractivity contribution is 7.11. The maximum Gasteiger partial charge on any atom is 0.269 e. The number of carbonyl (C=O) groups is 1. The maximum atomic E-state index is 11.2. The zero-order chi connectivity index (χ0) is 14.4. The topological polar surface area (TPSA) is 103 Å². The standard InChI is InChI=1S/C12H15N5O2S/c1-2-19-7-10-17-16-9(20-10)6-15-8-4-3-5-14-11(8)12(13)18/h3-5,15H,2,6-7H2,1H3,(H2,13,18). The van der Waals surface area contributed by atoms with E-state index in [0.29, 0.717) is 25.4 Å². The third-order valence-corrected chi connectivity index (χ3v) is 3.31. The molecule has 0 saturated heterocycles. The van der Waals surface area contributed by atoms with E-state index in [1.54, 1.807) is 12.1 Å². The van der Waals surface area contributed by atoms with Crippen LogP contribution in [-0.4, -0.2) is 27.7 Å². The fraction of sp³-hybridized carbons (Fsp3) is 0.333. The van der Waals surface area contributed by atoms with Crippen molar-refractivity contribution in [3.05, 3.63) is 34.0 Å². The molecule has 0 atom stereocenters. The smallest absolute Gasteiger partial charge is 0.269 e. The van der Waals surface area contributed by atoms with Crippen molar-refractivity contribution in [1.82, 2.24) is 15.2 Å². The van der Waals surface area contributed by atoms with Gasteiger partial charge in [-0.1, -0.05) is 11.3 Å². The third kappa shape index (κ3) is 3.72. The summed E-state index contributed by atoms with van der Waals surface area (Å²) >= 11 is 1.46. The lowest BCUT2D eigenvalue weighted by atomic mass is 10.3. The van der Waals surface area contributed by atoms with Gasteiger partial charge >= 0.3 is 0 Å². The molecular weight excluding hydrogens is 278 g/mol. The molecule has 0 aliphatic carbocycles. The van der Waals surface area contributed by atoms with E-state index in [-0.39, 0.29) is 5.69 Å². The Balaban J connectivity index is 1.98. The molecule has 0 unspecified atom stereocenters. The summed E-state index contributed by atoms with van der Waals surface area (Å²) in [6.07, 6.45) is 1.52. The summed E-state index contributed by atoms with van der Waals surface area (Å²) in [5, 5.41) is 12.8. The van der Waals surface area contributed by atoms with Crippen LogP contribution in [0.2, 0.25) is 0 Å². The number of nitrogens with one attached hydrogen (secondary N) is 1. The van der Waals surface area contributed by atoms with E-state index in [4.69, 9.17) is 10.5 Å². The van der Waals surface area contributed by atoms with Crippen LogP contribution in [0.25, 0.3) is 0 Å². The first-order valence-electron chi connectivity index (χ1n) is 6.08. The van der Waals surface area contributed by atoms with Crippen LogP contribution < -0.4 is 11.1 Å². The lowest BCUT2D eigenvalue weighted by Gasteiger charge is -2.06. The third-order valence-electron chi connectivity index (χ3n) is 2.41. The number of hydrogen-bond donors (Lipinski definition) is 2. The molecule has 2 aromatic heterocycles. The van der Waals surface area contributed by atoms with Crippen molar-refractivity contribution in [3.63, 3.8) is 0 Å². The molecule has 0 aliphatic heterocycles. The van der Waals surface area contributed by atoms with Crippen LogP contribution in [0.5, 0.6) is 0 Å². The van der Waals surface area contributed by atoms with Crippen molar-refractivity contribution in [2.24, 2.45) is 5.73 Å². The van der Waals surface area contributed by atoms with Crippen LogP contribution in [0.4, 0.5) is 5.69 Å². The quantitative estimate of drug-likeness (QED) is 0.794. The lowest BCUT2D eigenvalue weighted by Crippen LogP contribution is -2.16. The predicted molar refractivity (Wildman–Crippen MR) is 75.3 cm³/mol. The van der Waals surface area contributed by atoms with Gasteiger partial charge in [-0.2, -0.15) is 0 Å². The summed E-state index contributed by atoms with van der Waals surface area (Å²) in [6, 6.07) is 3.48. The molecule has 20 heavy (non-hydrogen) atoms. The van der Waals surface area contributed by atoms with Crippen LogP contribution >= 0.6 is 11.3 Å². The van der Waals surface area contributed by atoms with Gasteiger partial charge in [-0.3, -0.25) is 4.79 Å². The number of rotatable bonds is 7. The van der Waals surface area contributed by atoms with Gasteiger partial charge in [-0.05, 0) is 19.1 Å². The van der Waals surface area contributed by atoms with Gasteiger partial charge in [0.25, 0.3) is 5.91 Å². The first-order valence-corrected chi connectivity index (χ1v) is 6.90. The molecule has 2 aromatic rings. The number of hydrogen-bond acceptors (Lipinski definition) is 7. The van der Waals surface area contributed by atoms with E-state index in [0.717, 1.165) is 10.0 Å². The average Bonchev–Trinajstić information content (AvgIpc) is 2.91. The van der Waals surface area contributed by atoms with E-state index >= 15 is 0 Å². The Bertz CT molecular complexity index is 587. The van der Waals surface area contributed by atoms with E-state index in [1.165, 1.54) is 17.5 Å². The van der Waals surface area contributed by atoms with E-state index < -0.39 is 5.91 Å². The summed E-state index contributed by atoms with van der Waals surface area (Å²) in [7, 11) is 0. The highest BCUT2D eigenvalue weighted by Crippen LogP contribution is 2.15. The van der Waals surface area contributed by atoms with Crippen molar-refractivity contribution in [3.8, 4) is 0 Å². The summed E-state index contributed by atoms with van der Waals surface area (Å²) < 4.78 is 5.26. The maximum absolute atomic E-state index is 11.2. The second-order valence-corrected chi connectivity index (χ2v) is 4.99. The summed E-state index contributed by atoms with van der Waals surface area (Å²) in [5.74, 6) is -0.567. The molecule has 0 saturated carbocycles. The molecule has 1 amide bonds. The van der Waals surface area contributed by atoms with Crippen molar-refractivity contribution < 1.29 is 9.53 Å². The van der Waals surface area contributed by atoms with Crippen molar-refractivity contribution in [2.45, 2.75) is 20.1 Å². The number of ether oxygens (including phenoxy) is 1. The van der Waals surface area contributed by atoms with Gasteiger partial charge in [0.15, 0.2) is 5.69 Å². The van der Waals surface area contributed by atoms with E-state index in [9.17, 15) is 4.79 Å². The predicted octanol–water partition coefficient (Wildman–Crippen LogP) is 1.18. The van der Waals surface area contributed by atoms with Crippen LogP contribution in [0.1, 0.15) is 27.4 Å². The Labute approximate surface area is 120 Å². The summed E-state index contributed by atoms with van der Waals surface area (Å²) in [6.45, 7) is 3.49. The van der Waals surface area contributed by atoms with Gasteiger partial charge in [0.05, 0.1) is 12.2 Å². The lowest BCUT2D eigenvalue weighted by molar-refractivity contribution is 0.0996. The number of aromatic nitrogens is 3. The highest BCUT2D eigenvalue weighted by Gasteiger charge is 2.10. The monoisotopic (exact) mass is 293 g/mol. The van der Waals surface area contributed by atoms with Crippen molar-refractivity contribution >= 4 is 22.9 Å². The van der Waals surface area contributed by atoms with Gasteiger partial charge in [0.1, 0.15) is 16.6 Å². The molecule has 0 radical (unpaired) electrons. The Hall–Kier alpha value is -2.06. The van der Waals surface area contributed by atoms with Gasteiger partial charge < -0.3 is 15.8 Å². The molecule has 3 N–H and O–H groups in total. The number of anilines is 1. The van der Waals surface area contributed by atoms with Crippen molar-refractivity contribution in [1.29, 1.82) is 0 Å². The van der Waals surface area contributed by atoms with Crippen LogP contribution in [0.15, 0.2) is 18.3 Å². The zero-order valence-electron chi connectivity index (χ0n) is 11.0. The Morgan fingerprint density at radius 1 is 1.45 bits per heavy atom. The number of nitrogens with two attached hydrogens (primary N) is 1. The Morgan fingerprint density at radius 3 is 3.00 bits per heavy atom. The van der Waals surface area contributed by atoms with Gasteiger partial charge in [-0.25, -0.2) is 4.98 Å². The molecule has 8 heteroatoms. The SMILES string of the molecule is CCOCc1nnc(CNc2cccnc2C(N)=O)s1. The first kappa shape index (κ1) is 14.4. The van der Waals surface area contributed by atoms with E-state index in [1.807, 2.05) is 6.92 Å². The van der Waals surface area contributed by atoms with Crippen LogP contribution in [0.3, 0.4) is 0 Å². The zero-order valence-corrected chi connectivity index (χ0v) is 11.8. The minimum absolute atomic E-state index is 0.214. The second-order valence-electron chi connectivity index (χ2n) is 3.84. The molecule has 0 aromatic carbocycles. The molecule has 2 heterocycles. The average molecular weight is 293 g/mol. The largest absolute Gasteiger partial charge is 0.377 e. The van der Waals surface area contributed by atoms with Gasteiger partial charge in [0.2, 0.25) is 0 Å². The summed E-state index contributed by atoms with van der Waals surface area (Å²) in [4.78, 5) is 15.2. The van der Waals surface area contributed by atoms with Crippen LogP contribution in [0, 0.1) is 0 Å². The molecule has 0 aliphatic rings. The molecule has 106 valence electrons. The summed E-state index contributed by atoms with van der Waals surface area (Å²) in [5.41, 5.74) is 6.06. The molecular formula is C12H15N5O2S. The number of pyridine rings is 1. The fourth-order valence-corrected chi connectivity index (χ4v) is 2.24.